The van der Waals surface area contributed by atoms with Crippen molar-refractivity contribution in [2.24, 2.45) is 11.8 Å². The Morgan fingerprint density at radius 3 is 2.80 bits per heavy atom. The molecule has 0 nitrogen and oxygen atoms in total. The molecule has 1 radical (unpaired) electrons. The van der Waals surface area contributed by atoms with Crippen LogP contribution >= 0.6 is 0 Å². The predicted octanol–water partition coefficient (Wildman–Crippen LogP) is 2.72. The Labute approximate surface area is 62.6 Å². The molecule has 0 fully saturated rings. The van der Waals surface area contributed by atoms with Crippen LogP contribution in [0.2, 0.25) is 0 Å². The summed E-state index contributed by atoms with van der Waals surface area (Å²) in [6.07, 6.45) is 15.5. The van der Waals surface area contributed by atoms with Gasteiger partial charge in [-0.25, -0.2) is 0 Å². The summed E-state index contributed by atoms with van der Waals surface area (Å²) in [5, 5.41) is 0. The van der Waals surface area contributed by atoms with E-state index in [0.717, 1.165) is 11.8 Å². The zero-order chi connectivity index (χ0) is 6.81. The summed E-state index contributed by atoms with van der Waals surface area (Å²) in [5.41, 5.74) is 0. The molecule has 0 saturated carbocycles. The van der Waals surface area contributed by atoms with Crippen molar-refractivity contribution in [2.75, 3.05) is 0 Å². The van der Waals surface area contributed by atoms with Gasteiger partial charge < -0.3 is 0 Å². The van der Waals surface area contributed by atoms with Crippen molar-refractivity contribution < 1.29 is 0 Å². The second-order valence-electron chi connectivity index (χ2n) is 3.24. The highest BCUT2D eigenvalue weighted by molar-refractivity contribution is 5.05. The Bertz CT molecular complexity index is 145. The molecule has 0 spiro atoms. The average Bonchev–Trinajstić information content (AvgIpc) is 2.59. The first-order valence-electron chi connectivity index (χ1n) is 4.20. The van der Waals surface area contributed by atoms with Gasteiger partial charge >= 0.3 is 0 Å². The van der Waals surface area contributed by atoms with Gasteiger partial charge in [0.2, 0.25) is 0 Å². The highest BCUT2D eigenvalue weighted by atomic mass is 14.2. The second-order valence-corrected chi connectivity index (χ2v) is 3.24. The first-order chi connectivity index (χ1) is 4.97. The van der Waals surface area contributed by atoms with Crippen LogP contribution in [0.25, 0.3) is 0 Å². The third-order valence-corrected chi connectivity index (χ3v) is 2.55. The summed E-state index contributed by atoms with van der Waals surface area (Å²) in [6.45, 7) is 0. The van der Waals surface area contributed by atoms with Crippen LogP contribution in [0.5, 0.6) is 0 Å². The summed E-state index contributed by atoms with van der Waals surface area (Å²) < 4.78 is 0. The van der Waals surface area contributed by atoms with Gasteiger partial charge in [0.1, 0.15) is 0 Å². The molecule has 2 aliphatic rings. The third kappa shape index (κ3) is 1.03. The molecule has 0 aliphatic heterocycles. The molecule has 0 bridgehead atoms. The molecule has 2 aliphatic carbocycles. The van der Waals surface area contributed by atoms with Crippen LogP contribution in [0.4, 0.5) is 0 Å². The van der Waals surface area contributed by atoms with E-state index in [0.29, 0.717) is 0 Å². The van der Waals surface area contributed by atoms with Crippen molar-refractivity contribution in [1.29, 1.82) is 0 Å². The molecule has 0 saturated heterocycles. The minimum absolute atomic E-state index is 0.832. The van der Waals surface area contributed by atoms with E-state index < -0.39 is 0 Å². The van der Waals surface area contributed by atoms with Crippen molar-refractivity contribution in [2.45, 2.75) is 25.7 Å². The fraction of sp³-hybridized carbons (Fsp3) is 0.600. The molecule has 10 heavy (non-hydrogen) atoms. The van der Waals surface area contributed by atoms with E-state index in [1.165, 1.54) is 25.7 Å². The minimum Gasteiger partial charge on any atom is -0.0882 e. The van der Waals surface area contributed by atoms with Crippen LogP contribution in [0.3, 0.4) is 0 Å². The number of hydrogen-bond acceptors (Lipinski definition) is 0. The Morgan fingerprint density at radius 1 is 1.20 bits per heavy atom. The van der Waals surface area contributed by atoms with E-state index in [1.807, 2.05) is 0 Å². The predicted molar refractivity (Wildman–Crippen MR) is 42.4 cm³/mol. The first kappa shape index (κ1) is 6.21. The summed E-state index contributed by atoms with van der Waals surface area (Å²) in [5.74, 6) is 1.69. The van der Waals surface area contributed by atoms with Gasteiger partial charge in [0.25, 0.3) is 0 Å². The van der Waals surface area contributed by atoms with Crippen LogP contribution < -0.4 is 0 Å². The zero-order valence-corrected chi connectivity index (χ0v) is 6.22. The van der Waals surface area contributed by atoms with Gasteiger partial charge in [0.05, 0.1) is 0 Å². The van der Waals surface area contributed by atoms with Gasteiger partial charge in [-0.05, 0) is 43.6 Å². The normalized spacial score (nSPS) is 37.6. The SMILES string of the molecule is [C]1=CC(C2C=CCC2)CC1. The Kier molecular flexibility index (Phi) is 1.62. The molecule has 2 unspecified atom stereocenters. The maximum Gasteiger partial charge on any atom is -0.0161 e. The van der Waals surface area contributed by atoms with Gasteiger partial charge in [-0.2, -0.15) is 0 Å². The topological polar surface area (TPSA) is 0 Å². The average molecular weight is 133 g/mol. The lowest BCUT2D eigenvalue weighted by molar-refractivity contribution is 0.460. The molecule has 0 amide bonds. The van der Waals surface area contributed by atoms with Crippen molar-refractivity contribution in [3.63, 3.8) is 0 Å². The lowest BCUT2D eigenvalue weighted by Gasteiger charge is -2.13. The molecule has 0 heteroatoms. The zero-order valence-electron chi connectivity index (χ0n) is 6.22. The maximum absolute atomic E-state index is 3.29. The molecule has 0 aromatic carbocycles. The fourth-order valence-electron chi connectivity index (χ4n) is 1.92. The first-order valence-corrected chi connectivity index (χ1v) is 4.20. The van der Waals surface area contributed by atoms with Gasteiger partial charge in [-0.15, -0.1) is 0 Å². The van der Waals surface area contributed by atoms with E-state index in [1.54, 1.807) is 0 Å². The van der Waals surface area contributed by atoms with Crippen LogP contribution in [0.1, 0.15) is 25.7 Å². The van der Waals surface area contributed by atoms with Gasteiger partial charge in [-0.3, -0.25) is 0 Å². The smallest absolute Gasteiger partial charge is 0.0161 e. The summed E-state index contributed by atoms with van der Waals surface area (Å²) in [4.78, 5) is 0. The Morgan fingerprint density at radius 2 is 2.20 bits per heavy atom. The monoisotopic (exact) mass is 133 g/mol. The lowest BCUT2D eigenvalue weighted by atomic mass is 9.92. The number of hydrogen-bond donors (Lipinski definition) is 0. The Hall–Kier alpha value is -0.520. The highest BCUT2D eigenvalue weighted by Crippen LogP contribution is 2.32. The van der Waals surface area contributed by atoms with E-state index >= 15 is 0 Å². The van der Waals surface area contributed by atoms with Crippen LogP contribution in [0.15, 0.2) is 18.2 Å². The van der Waals surface area contributed by atoms with E-state index in [4.69, 9.17) is 0 Å². The molecule has 0 aromatic rings. The molecule has 0 aromatic heterocycles. The van der Waals surface area contributed by atoms with Crippen LogP contribution in [-0.2, 0) is 0 Å². The molecule has 0 N–H and O–H groups in total. The van der Waals surface area contributed by atoms with Crippen molar-refractivity contribution in [1.82, 2.24) is 0 Å². The summed E-state index contributed by atoms with van der Waals surface area (Å²) >= 11 is 0. The second kappa shape index (κ2) is 2.61. The van der Waals surface area contributed by atoms with Crippen LogP contribution in [0, 0.1) is 17.9 Å². The quantitative estimate of drug-likeness (QED) is 0.482. The number of allylic oxidation sites excluding steroid dienone is 4. The standard InChI is InChI=1S/C10H13/c1-2-6-9(5-1)10-7-3-4-8-10/h1,5,8-10H,2-3,6-7H2. The highest BCUT2D eigenvalue weighted by Gasteiger charge is 2.20. The fourth-order valence-corrected chi connectivity index (χ4v) is 1.92. The number of rotatable bonds is 1. The van der Waals surface area contributed by atoms with Gasteiger partial charge in [-0.1, -0.05) is 18.2 Å². The van der Waals surface area contributed by atoms with Gasteiger partial charge in [0, 0.05) is 0 Å². The molecule has 2 atom stereocenters. The van der Waals surface area contributed by atoms with E-state index in [2.05, 4.69) is 24.3 Å². The summed E-state index contributed by atoms with van der Waals surface area (Å²) in [6, 6.07) is 0. The molecule has 2 rings (SSSR count). The maximum atomic E-state index is 3.29. The van der Waals surface area contributed by atoms with E-state index in [9.17, 15) is 0 Å². The molecule has 0 heterocycles. The van der Waals surface area contributed by atoms with Crippen LogP contribution in [-0.4, -0.2) is 0 Å². The van der Waals surface area contributed by atoms with Crippen molar-refractivity contribution in [3.8, 4) is 0 Å². The van der Waals surface area contributed by atoms with E-state index in [-0.39, 0.29) is 0 Å². The molecular weight excluding hydrogens is 120 g/mol. The lowest BCUT2D eigenvalue weighted by Crippen LogP contribution is -2.04. The molecular formula is C10H13. The minimum atomic E-state index is 0.832. The molecule has 53 valence electrons. The largest absolute Gasteiger partial charge is 0.0882 e. The van der Waals surface area contributed by atoms with Gasteiger partial charge in [0.15, 0.2) is 0 Å². The Balaban J connectivity index is 1.98. The third-order valence-electron chi connectivity index (χ3n) is 2.55. The van der Waals surface area contributed by atoms with Crippen molar-refractivity contribution in [3.05, 3.63) is 24.3 Å². The van der Waals surface area contributed by atoms with Crippen molar-refractivity contribution >= 4 is 0 Å². The summed E-state index contributed by atoms with van der Waals surface area (Å²) in [7, 11) is 0.